The van der Waals surface area contributed by atoms with Crippen LogP contribution in [-0.2, 0) is 6.54 Å². The average Bonchev–Trinajstić information content (AvgIpc) is 2.99. The fourth-order valence-electron chi connectivity index (χ4n) is 2.10. The Hall–Kier alpha value is -1.26. The van der Waals surface area contributed by atoms with Crippen molar-refractivity contribution in [1.29, 1.82) is 0 Å². The number of nitrogens with zero attached hydrogens (tertiary/aromatic N) is 1. The zero-order valence-corrected chi connectivity index (χ0v) is 10.2. The molecule has 17 heavy (non-hydrogen) atoms. The Morgan fingerprint density at radius 3 is 3.18 bits per heavy atom. The van der Waals surface area contributed by atoms with Crippen LogP contribution in [0.4, 0.5) is 0 Å². The van der Waals surface area contributed by atoms with Crippen molar-refractivity contribution in [2.24, 2.45) is 0 Å². The van der Waals surface area contributed by atoms with Crippen LogP contribution in [0, 0.1) is 0 Å². The fraction of sp³-hybridized carbons (Fsp3) is 0.308. The highest BCUT2D eigenvalue weighted by atomic mass is 32.2. The van der Waals surface area contributed by atoms with E-state index in [-0.39, 0.29) is 0 Å². The minimum atomic E-state index is 0.610. The van der Waals surface area contributed by atoms with Crippen LogP contribution in [0.25, 0.3) is 0 Å². The van der Waals surface area contributed by atoms with Crippen molar-refractivity contribution in [3.05, 3.63) is 47.9 Å². The van der Waals surface area contributed by atoms with E-state index >= 15 is 0 Å². The molecule has 1 aliphatic rings. The molecule has 1 unspecified atom stereocenters. The van der Waals surface area contributed by atoms with Crippen LogP contribution in [0.1, 0.15) is 17.2 Å². The standard InChI is InChI=1S/C13H14N2OS/c1-2-4-13-12(3-1)10(9-17-13)7-14-8-11-5-6-15-16-11/h1-6,10,14H,7-9H2. The number of hydrogen-bond donors (Lipinski definition) is 1. The van der Waals surface area contributed by atoms with Gasteiger partial charge in [0.1, 0.15) is 5.76 Å². The summed E-state index contributed by atoms with van der Waals surface area (Å²) in [7, 11) is 0. The molecule has 1 N–H and O–H groups in total. The first kappa shape index (κ1) is 10.9. The molecule has 1 atom stereocenters. The second-order valence-corrected chi connectivity index (χ2v) is 5.22. The highest BCUT2D eigenvalue weighted by molar-refractivity contribution is 7.99. The van der Waals surface area contributed by atoms with E-state index in [2.05, 4.69) is 34.7 Å². The normalized spacial score (nSPS) is 18.2. The largest absolute Gasteiger partial charge is 0.360 e. The van der Waals surface area contributed by atoms with Gasteiger partial charge >= 0.3 is 0 Å². The van der Waals surface area contributed by atoms with Crippen LogP contribution >= 0.6 is 11.8 Å². The number of thioether (sulfide) groups is 1. The number of fused-ring (bicyclic) bond motifs is 1. The summed E-state index contributed by atoms with van der Waals surface area (Å²) < 4.78 is 5.05. The van der Waals surface area contributed by atoms with Gasteiger partial charge in [-0.3, -0.25) is 0 Å². The third-order valence-electron chi connectivity index (χ3n) is 2.98. The van der Waals surface area contributed by atoms with Crippen molar-refractivity contribution in [3.63, 3.8) is 0 Å². The summed E-state index contributed by atoms with van der Waals surface area (Å²) in [6.45, 7) is 1.74. The van der Waals surface area contributed by atoms with E-state index in [4.69, 9.17) is 4.52 Å². The number of hydrogen-bond acceptors (Lipinski definition) is 4. The zero-order valence-electron chi connectivity index (χ0n) is 9.43. The highest BCUT2D eigenvalue weighted by Gasteiger charge is 2.21. The topological polar surface area (TPSA) is 38.1 Å². The van der Waals surface area contributed by atoms with Crippen molar-refractivity contribution >= 4 is 11.8 Å². The molecule has 0 saturated carbocycles. The summed E-state index contributed by atoms with van der Waals surface area (Å²) in [5.74, 6) is 2.67. The van der Waals surface area contributed by atoms with Crippen LogP contribution < -0.4 is 5.32 Å². The van der Waals surface area contributed by atoms with Crippen LogP contribution in [-0.4, -0.2) is 17.5 Å². The summed E-state index contributed by atoms with van der Waals surface area (Å²) in [6.07, 6.45) is 1.68. The molecule has 0 bridgehead atoms. The van der Waals surface area contributed by atoms with Crippen molar-refractivity contribution in [3.8, 4) is 0 Å². The predicted octanol–water partition coefficient (Wildman–Crippen LogP) is 2.65. The van der Waals surface area contributed by atoms with Crippen LogP contribution in [0.5, 0.6) is 0 Å². The fourth-order valence-corrected chi connectivity index (χ4v) is 3.36. The molecule has 0 spiro atoms. The van der Waals surface area contributed by atoms with E-state index in [1.165, 1.54) is 16.2 Å². The summed E-state index contributed by atoms with van der Waals surface area (Å²) in [4.78, 5) is 1.43. The summed E-state index contributed by atoms with van der Waals surface area (Å²) in [6, 6.07) is 10.6. The Kier molecular flexibility index (Phi) is 3.16. The van der Waals surface area contributed by atoms with Gasteiger partial charge in [-0.05, 0) is 11.6 Å². The monoisotopic (exact) mass is 246 g/mol. The van der Waals surface area contributed by atoms with E-state index < -0.39 is 0 Å². The Labute approximate surface area is 105 Å². The molecule has 1 aromatic heterocycles. The van der Waals surface area contributed by atoms with Crippen LogP contribution in [0.2, 0.25) is 0 Å². The molecule has 0 amide bonds. The second kappa shape index (κ2) is 4.94. The van der Waals surface area contributed by atoms with Crippen molar-refractivity contribution < 1.29 is 4.52 Å². The molecule has 2 aromatic rings. The van der Waals surface area contributed by atoms with Gasteiger partial charge in [0.2, 0.25) is 0 Å². The molecule has 88 valence electrons. The molecular weight excluding hydrogens is 232 g/mol. The molecule has 0 fully saturated rings. The second-order valence-electron chi connectivity index (χ2n) is 4.16. The number of nitrogens with one attached hydrogen (secondary N) is 1. The van der Waals surface area contributed by atoms with E-state index in [1.54, 1.807) is 6.20 Å². The Balaban J connectivity index is 1.57. The van der Waals surface area contributed by atoms with Gasteiger partial charge in [-0.2, -0.15) is 0 Å². The van der Waals surface area contributed by atoms with Gasteiger partial charge in [-0.15, -0.1) is 11.8 Å². The minimum Gasteiger partial charge on any atom is -0.360 e. The van der Waals surface area contributed by atoms with Gasteiger partial charge in [-0.25, -0.2) is 0 Å². The van der Waals surface area contributed by atoms with Gasteiger partial charge in [0.15, 0.2) is 0 Å². The first-order chi connectivity index (χ1) is 8.43. The maximum atomic E-state index is 5.05. The van der Waals surface area contributed by atoms with Crippen molar-refractivity contribution in [2.45, 2.75) is 17.4 Å². The maximum absolute atomic E-state index is 5.05. The average molecular weight is 246 g/mol. The molecule has 0 aliphatic carbocycles. The van der Waals surface area contributed by atoms with E-state index in [0.29, 0.717) is 5.92 Å². The lowest BCUT2D eigenvalue weighted by Crippen LogP contribution is -2.20. The molecule has 2 heterocycles. The lowest BCUT2D eigenvalue weighted by Gasteiger charge is -2.10. The third kappa shape index (κ3) is 2.37. The molecule has 0 saturated heterocycles. The van der Waals surface area contributed by atoms with Gasteiger partial charge in [0.05, 0.1) is 12.7 Å². The molecule has 1 aliphatic heterocycles. The van der Waals surface area contributed by atoms with E-state index in [0.717, 1.165) is 18.8 Å². The highest BCUT2D eigenvalue weighted by Crippen LogP contribution is 2.38. The van der Waals surface area contributed by atoms with Gasteiger partial charge < -0.3 is 9.84 Å². The number of rotatable bonds is 4. The smallest absolute Gasteiger partial charge is 0.150 e. The van der Waals surface area contributed by atoms with Crippen molar-refractivity contribution in [2.75, 3.05) is 12.3 Å². The zero-order chi connectivity index (χ0) is 11.5. The van der Waals surface area contributed by atoms with Gasteiger partial charge in [-0.1, -0.05) is 23.4 Å². The maximum Gasteiger partial charge on any atom is 0.150 e. The van der Waals surface area contributed by atoms with Gasteiger partial charge in [0.25, 0.3) is 0 Å². The summed E-state index contributed by atoms with van der Waals surface area (Å²) in [5, 5.41) is 7.11. The number of aromatic nitrogens is 1. The van der Waals surface area contributed by atoms with Gasteiger partial charge in [0, 0.05) is 29.2 Å². The molecule has 3 rings (SSSR count). The Bertz CT molecular complexity index is 484. The molecular formula is C13H14N2OS. The lowest BCUT2D eigenvalue weighted by atomic mass is 10.0. The third-order valence-corrected chi connectivity index (χ3v) is 4.23. The Morgan fingerprint density at radius 2 is 2.29 bits per heavy atom. The molecule has 0 radical (unpaired) electrons. The Morgan fingerprint density at radius 1 is 1.35 bits per heavy atom. The lowest BCUT2D eigenvalue weighted by molar-refractivity contribution is 0.372. The first-order valence-corrected chi connectivity index (χ1v) is 6.74. The SMILES string of the molecule is c1ccc2c(c1)SCC2CNCc1ccno1. The summed E-state index contributed by atoms with van der Waals surface area (Å²) >= 11 is 1.95. The van der Waals surface area contributed by atoms with Crippen LogP contribution in [0.15, 0.2) is 45.9 Å². The summed E-state index contributed by atoms with van der Waals surface area (Å²) in [5.41, 5.74) is 1.47. The molecule has 3 nitrogen and oxygen atoms in total. The first-order valence-electron chi connectivity index (χ1n) is 5.75. The molecule has 4 heteroatoms. The van der Waals surface area contributed by atoms with E-state index in [1.807, 2.05) is 17.8 Å². The minimum absolute atomic E-state index is 0.610. The van der Waals surface area contributed by atoms with E-state index in [9.17, 15) is 0 Å². The molecule has 1 aromatic carbocycles. The predicted molar refractivity (Wildman–Crippen MR) is 68.1 cm³/mol. The van der Waals surface area contributed by atoms with Crippen LogP contribution in [0.3, 0.4) is 0 Å². The van der Waals surface area contributed by atoms with Crippen molar-refractivity contribution in [1.82, 2.24) is 10.5 Å². The quantitative estimate of drug-likeness (QED) is 0.900. The number of benzene rings is 1.